The number of aryl methyl sites for hydroxylation is 2. The summed E-state index contributed by atoms with van der Waals surface area (Å²) in [6.45, 7) is 4.10. The predicted octanol–water partition coefficient (Wildman–Crippen LogP) is 1.62. The van der Waals surface area contributed by atoms with Gasteiger partial charge in [-0.1, -0.05) is 11.2 Å². The molecule has 0 aliphatic carbocycles. The zero-order valence-corrected chi connectivity index (χ0v) is 9.73. The number of nitrogens with one attached hydrogen (secondary N) is 1. The molecule has 1 N–H and O–H groups in total. The van der Waals surface area contributed by atoms with Gasteiger partial charge in [0.25, 0.3) is 5.91 Å². The van der Waals surface area contributed by atoms with E-state index in [0.717, 1.165) is 11.3 Å². The first-order valence-electron chi connectivity index (χ1n) is 5.29. The summed E-state index contributed by atoms with van der Waals surface area (Å²) >= 11 is 0. The molecular formula is C12H13N3O2. The number of amides is 1. The van der Waals surface area contributed by atoms with Gasteiger partial charge < -0.3 is 9.84 Å². The molecule has 0 spiro atoms. The number of aromatic nitrogens is 2. The summed E-state index contributed by atoms with van der Waals surface area (Å²) in [7, 11) is 0. The third-order valence-electron chi connectivity index (χ3n) is 2.41. The van der Waals surface area contributed by atoms with Gasteiger partial charge in [-0.3, -0.25) is 9.78 Å². The van der Waals surface area contributed by atoms with Crippen molar-refractivity contribution in [1.82, 2.24) is 15.5 Å². The Labute approximate surface area is 98.8 Å². The fourth-order valence-electron chi connectivity index (χ4n) is 1.44. The van der Waals surface area contributed by atoms with E-state index in [4.69, 9.17) is 4.52 Å². The highest BCUT2D eigenvalue weighted by Gasteiger charge is 2.11. The molecule has 5 heteroatoms. The number of rotatable bonds is 3. The molecule has 2 rings (SSSR count). The molecule has 0 aromatic carbocycles. The zero-order valence-electron chi connectivity index (χ0n) is 9.73. The van der Waals surface area contributed by atoms with E-state index in [2.05, 4.69) is 15.5 Å². The van der Waals surface area contributed by atoms with Crippen LogP contribution in [0.2, 0.25) is 0 Å². The smallest absolute Gasteiger partial charge is 0.290 e. The van der Waals surface area contributed by atoms with Crippen LogP contribution < -0.4 is 5.32 Å². The Bertz CT molecular complexity index is 534. The summed E-state index contributed by atoms with van der Waals surface area (Å²) in [5, 5.41) is 6.42. The molecule has 5 nitrogen and oxygen atoms in total. The van der Waals surface area contributed by atoms with Crippen molar-refractivity contribution in [3.63, 3.8) is 0 Å². The van der Waals surface area contributed by atoms with Gasteiger partial charge in [0.05, 0.1) is 5.69 Å². The maximum absolute atomic E-state index is 11.7. The predicted molar refractivity (Wildman–Crippen MR) is 61.4 cm³/mol. The Morgan fingerprint density at radius 3 is 2.94 bits per heavy atom. The van der Waals surface area contributed by atoms with Crippen molar-refractivity contribution in [3.05, 3.63) is 47.1 Å². The minimum absolute atomic E-state index is 0.226. The van der Waals surface area contributed by atoms with Crippen molar-refractivity contribution in [2.24, 2.45) is 0 Å². The van der Waals surface area contributed by atoms with Crippen LogP contribution in [-0.4, -0.2) is 16.0 Å². The van der Waals surface area contributed by atoms with Gasteiger partial charge in [-0.05, 0) is 25.5 Å². The number of carbonyl (C=O) groups is 1. The highest BCUT2D eigenvalue weighted by atomic mass is 16.5. The highest BCUT2D eigenvalue weighted by molar-refractivity contribution is 5.91. The van der Waals surface area contributed by atoms with Gasteiger partial charge in [-0.2, -0.15) is 0 Å². The normalized spacial score (nSPS) is 10.2. The summed E-state index contributed by atoms with van der Waals surface area (Å²) in [4.78, 5) is 15.8. The third kappa shape index (κ3) is 2.69. The second kappa shape index (κ2) is 4.78. The number of carbonyl (C=O) groups excluding carboxylic acids is 1. The Morgan fingerprint density at radius 2 is 2.29 bits per heavy atom. The van der Waals surface area contributed by atoms with Crippen LogP contribution in [0.1, 0.15) is 27.5 Å². The van der Waals surface area contributed by atoms with Crippen LogP contribution in [0.3, 0.4) is 0 Å². The molecule has 0 unspecified atom stereocenters. The van der Waals surface area contributed by atoms with E-state index < -0.39 is 0 Å². The van der Waals surface area contributed by atoms with Crippen molar-refractivity contribution >= 4 is 5.91 Å². The average molecular weight is 231 g/mol. The number of hydrogen-bond acceptors (Lipinski definition) is 4. The Hall–Kier alpha value is -2.17. The first kappa shape index (κ1) is 11.3. The maximum Gasteiger partial charge on any atom is 0.290 e. The molecule has 0 saturated heterocycles. The highest BCUT2D eigenvalue weighted by Crippen LogP contribution is 2.05. The van der Waals surface area contributed by atoms with Crippen LogP contribution in [0, 0.1) is 13.8 Å². The van der Waals surface area contributed by atoms with Crippen LogP contribution in [0.4, 0.5) is 0 Å². The number of nitrogens with zero attached hydrogens (tertiary/aromatic N) is 2. The second-order valence-corrected chi connectivity index (χ2v) is 3.76. The van der Waals surface area contributed by atoms with Crippen molar-refractivity contribution in [2.75, 3.05) is 0 Å². The third-order valence-corrected chi connectivity index (χ3v) is 2.41. The lowest BCUT2D eigenvalue weighted by atomic mass is 10.2. The van der Waals surface area contributed by atoms with E-state index in [1.165, 1.54) is 0 Å². The molecule has 0 aliphatic rings. The second-order valence-electron chi connectivity index (χ2n) is 3.76. The van der Waals surface area contributed by atoms with Crippen LogP contribution in [0.25, 0.3) is 0 Å². The SMILES string of the molecule is Cc1cc(C(=O)NCc2cccnc2C)on1. The maximum atomic E-state index is 11.7. The molecule has 2 heterocycles. The molecule has 1 amide bonds. The molecule has 2 aromatic rings. The lowest BCUT2D eigenvalue weighted by Crippen LogP contribution is -2.22. The first-order chi connectivity index (χ1) is 8.16. The Morgan fingerprint density at radius 1 is 1.47 bits per heavy atom. The van der Waals surface area contributed by atoms with Crippen molar-refractivity contribution in [1.29, 1.82) is 0 Å². The van der Waals surface area contributed by atoms with Crippen molar-refractivity contribution < 1.29 is 9.32 Å². The summed E-state index contributed by atoms with van der Waals surface area (Å²) in [6, 6.07) is 5.37. The quantitative estimate of drug-likeness (QED) is 0.871. The molecule has 0 radical (unpaired) electrons. The monoisotopic (exact) mass is 231 g/mol. The zero-order chi connectivity index (χ0) is 12.3. The molecular weight excluding hydrogens is 218 g/mol. The summed E-state index contributed by atoms with van der Waals surface area (Å²) in [6.07, 6.45) is 1.72. The lowest BCUT2D eigenvalue weighted by Gasteiger charge is -2.05. The van der Waals surface area contributed by atoms with E-state index >= 15 is 0 Å². The fourth-order valence-corrected chi connectivity index (χ4v) is 1.44. The molecule has 88 valence electrons. The standard InChI is InChI=1S/C12H13N3O2/c1-8-6-11(17-15-8)12(16)14-7-10-4-3-5-13-9(10)2/h3-6H,7H2,1-2H3,(H,14,16). The summed E-state index contributed by atoms with van der Waals surface area (Å²) in [5.74, 6) is -0.0436. The largest absolute Gasteiger partial charge is 0.351 e. The fraction of sp³-hybridized carbons (Fsp3) is 0.250. The van der Waals surface area contributed by atoms with Gasteiger partial charge in [0.15, 0.2) is 0 Å². The minimum Gasteiger partial charge on any atom is -0.351 e. The van der Waals surface area contributed by atoms with E-state index in [1.807, 2.05) is 19.1 Å². The van der Waals surface area contributed by atoms with Gasteiger partial charge in [0.2, 0.25) is 5.76 Å². The first-order valence-corrected chi connectivity index (χ1v) is 5.29. The van der Waals surface area contributed by atoms with Gasteiger partial charge >= 0.3 is 0 Å². The van der Waals surface area contributed by atoms with Crippen LogP contribution in [0.5, 0.6) is 0 Å². The molecule has 17 heavy (non-hydrogen) atoms. The van der Waals surface area contributed by atoms with E-state index in [1.54, 1.807) is 19.2 Å². The number of hydrogen-bond donors (Lipinski definition) is 1. The molecule has 2 aromatic heterocycles. The van der Waals surface area contributed by atoms with E-state index in [0.29, 0.717) is 12.2 Å². The van der Waals surface area contributed by atoms with Gasteiger partial charge in [-0.15, -0.1) is 0 Å². The van der Waals surface area contributed by atoms with Crippen LogP contribution in [0.15, 0.2) is 28.9 Å². The summed E-state index contributed by atoms with van der Waals surface area (Å²) < 4.78 is 4.87. The van der Waals surface area contributed by atoms with E-state index in [-0.39, 0.29) is 11.7 Å². The van der Waals surface area contributed by atoms with Crippen molar-refractivity contribution in [3.8, 4) is 0 Å². The Kier molecular flexibility index (Phi) is 3.18. The summed E-state index contributed by atoms with van der Waals surface area (Å²) in [5.41, 5.74) is 2.58. The number of pyridine rings is 1. The Balaban J connectivity index is 1.99. The van der Waals surface area contributed by atoms with Gasteiger partial charge in [0.1, 0.15) is 0 Å². The van der Waals surface area contributed by atoms with Crippen molar-refractivity contribution in [2.45, 2.75) is 20.4 Å². The minimum atomic E-state index is -0.270. The lowest BCUT2D eigenvalue weighted by molar-refractivity contribution is 0.0914. The van der Waals surface area contributed by atoms with E-state index in [9.17, 15) is 4.79 Å². The van der Waals surface area contributed by atoms with Gasteiger partial charge in [-0.25, -0.2) is 0 Å². The van der Waals surface area contributed by atoms with Gasteiger partial charge in [0, 0.05) is 24.5 Å². The molecule has 0 bridgehead atoms. The molecule has 0 aliphatic heterocycles. The average Bonchev–Trinajstić information content (AvgIpc) is 2.74. The topological polar surface area (TPSA) is 68.0 Å². The van der Waals surface area contributed by atoms with Crippen LogP contribution in [-0.2, 0) is 6.54 Å². The molecule has 0 saturated carbocycles. The molecule has 0 atom stereocenters. The molecule has 0 fully saturated rings. The van der Waals surface area contributed by atoms with Crippen LogP contribution >= 0.6 is 0 Å².